The molecule has 8 heteroatoms. The van der Waals surface area contributed by atoms with Crippen LogP contribution in [0.2, 0.25) is 5.02 Å². The third-order valence-corrected chi connectivity index (χ3v) is 2.36. The van der Waals surface area contributed by atoms with E-state index in [2.05, 4.69) is 4.98 Å². The first-order chi connectivity index (χ1) is 6.32. The molecule has 0 saturated heterocycles. The van der Waals surface area contributed by atoms with Crippen molar-refractivity contribution in [1.29, 1.82) is 0 Å². The van der Waals surface area contributed by atoms with Gasteiger partial charge in [-0.05, 0) is 6.07 Å². The largest absolute Gasteiger partial charge is 0.417 e. The number of halogens is 4. The molecule has 0 aliphatic rings. The molecular weight excluding hydrogens is 243 g/mol. The van der Waals surface area contributed by atoms with Gasteiger partial charge in [-0.3, -0.25) is 0 Å². The maximum absolute atomic E-state index is 12.1. The third kappa shape index (κ3) is 2.43. The Morgan fingerprint density at radius 3 is 2.43 bits per heavy atom. The minimum atomic E-state index is -4.56. The summed E-state index contributed by atoms with van der Waals surface area (Å²) in [7, 11) is 0. The molecule has 0 saturated carbocycles. The van der Waals surface area contributed by atoms with Crippen LogP contribution < -0.4 is 0 Å². The van der Waals surface area contributed by atoms with Gasteiger partial charge in [-0.15, -0.1) is 0 Å². The van der Waals surface area contributed by atoms with Crippen LogP contribution in [0.4, 0.5) is 13.2 Å². The van der Waals surface area contributed by atoms with Crippen molar-refractivity contribution in [1.82, 2.24) is 4.98 Å². The molecule has 0 aromatic carbocycles. The Morgan fingerprint density at radius 2 is 2.07 bits per heavy atom. The van der Waals surface area contributed by atoms with Gasteiger partial charge < -0.3 is 4.55 Å². The molecule has 0 aliphatic heterocycles. The van der Waals surface area contributed by atoms with Crippen molar-refractivity contribution in [3.8, 4) is 0 Å². The lowest BCUT2D eigenvalue weighted by Gasteiger charge is -2.06. The summed E-state index contributed by atoms with van der Waals surface area (Å²) in [6.07, 6.45) is -4.11. The predicted molar refractivity (Wildman–Crippen MR) is 43.3 cm³/mol. The van der Waals surface area contributed by atoms with Gasteiger partial charge in [0.25, 0.3) is 0 Å². The second-order valence-electron chi connectivity index (χ2n) is 2.26. The first-order valence-electron chi connectivity index (χ1n) is 3.16. The van der Waals surface area contributed by atoms with Crippen molar-refractivity contribution in [3.05, 3.63) is 22.8 Å². The summed E-state index contributed by atoms with van der Waals surface area (Å²) in [5, 5.41) is -0.972. The summed E-state index contributed by atoms with van der Waals surface area (Å²) in [5.74, 6) is 0. The molecule has 0 fully saturated rings. The molecule has 0 aliphatic carbocycles. The smallest absolute Gasteiger partial charge is 0.301 e. The van der Waals surface area contributed by atoms with E-state index in [1.807, 2.05) is 0 Å². The quantitative estimate of drug-likeness (QED) is 0.773. The van der Waals surface area contributed by atoms with Crippen LogP contribution in [0, 0.1) is 0 Å². The summed E-state index contributed by atoms with van der Waals surface area (Å²) < 4.78 is 55.2. The predicted octanol–water partition coefficient (Wildman–Crippen LogP) is 2.33. The fourth-order valence-corrected chi connectivity index (χ4v) is 1.44. The molecule has 1 aromatic heterocycles. The highest BCUT2D eigenvalue weighted by molar-refractivity contribution is 7.79. The fraction of sp³-hybridized carbons (Fsp3) is 0.167. The van der Waals surface area contributed by atoms with E-state index in [0.717, 1.165) is 0 Å². The lowest BCUT2D eigenvalue weighted by molar-refractivity contribution is -0.137. The molecule has 1 atom stereocenters. The zero-order valence-electron chi connectivity index (χ0n) is 6.38. The number of hydrogen-bond acceptors (Lipinski definition) is 2. The van der Waals surface area contributed by atoms with E-state index >= 15 is 0 Å². The van der Waals surface area contributed by atoms with Crippen molar-refractivity contribution >= 4 is 22.7 Å². The van der Waals surface area contributed by atoms with Gasteiger partial charge in [-0.25, -0.2) is 9.19 Å². The van der Waals surface area contributed by atoms with Gasteiger partial charge >= 0.3 is 6.18 Å². The molecule has 0 amide bonds. The summed E-state index contributed by atoms with van der Waals surface area (Å²) in [4.78, 5) is 3.14. The molecule has 1 aromatic rings. The number of nitrogens with zero attached hydrogens (tertiary/aromatic N) is 1. The molecule has 1 rings (SSSR count). The van der Waals surface area contributed by atoms with Gasteiger partial charge in [0.1, 0.15) is 0 Å². The molecule has 0 radical (unpaired) electrons. The molecule has 3 nitrogen and oxygen atoms in total. The second-order valence-corrected chi connectivity index (χ2v) is 3.55. The molecule has 0 bridgehead atoms. The van der Waals surface area contributed by atoms with E-state index in [9.17, 15) is 17.4 Å². The number of pyridine rings is 1. The highest BCUT2D eigenvalue weighted by atomic mass is 35.5. The SMILES string of the molecule is O=S(O)c1ncc(C(F)(F)F)cc1Cl. The molecule has 0 spiro atoms. The average molecular weight is 246 g/mol. The van der Waals surface area contributed by atoms with Crippen molar-refractivity contribution < 1.29 is 21.9 Å². The van der Waals surface area contributed by atoms with Crippen LogP contribution >= 0.6 is 11.6 Å². The van der Waals surface area contributed by atoms with Gasteiger partial charge in [0.2, 0.25) is 11.1 Å². The van der Waals surface area contributed by atoms with Crippen LogP contribution in [0.15, 0.2) is 17.3 Å². The van der Waals surface area contributed by atoms with E-state index in [0.29, 0.717) is 12.3 Å². The molecule has 1 N–H and O–H groups in total. The van der Waals surface area contributed by atoms with Crippen molar-refractivity contribution in [2.24, 2.45) is 0 Å². The van der Waals surface area contributed by atoms with E-state index in [1.165, 1.54) is 0 Å². The summed E-state index contributed by atoms with van der Waals surface area (Å²) in [6, 6.07) is 0.554. The third-order valence-electron chi connectivity index (χ3n) is 1.30. The van der Waals surface area contributed by atoms with Crippen LogP contribution in [0.1, 0.15) is 5.56 Å². The minimum absolute atomic E-state index is 0.454. The van der Waals surface area contributed by atoms with E-state index in [-0.39, 0.29) is 0 Å². The van der Waals surface area contributed by atoms with E-state index < -0.39 is 32.9 Å². The van der Waals surface area contributed by atoms with E-state index in [4.69, 9.17) is 16.2 Å². The van der Waals surface area contributed by atoms with Crippen molar-refractivity contribution in [3.63, 3.8) is 0 Å². The second kappa shape index (κ2) is 3.84. The number of hydrogen-bond donors (Lipinski definition) is 1. The maximum atomic E-state index is 12.1. The Hall–Kier alpha value is -0.660. The Kier molecular flexibility index (Phi) is 3.13. The van der Waals surface area contributed by atoms with Crippen molar-refractivity contribution in [2.75, 3.05) is 0 Å². The summed E-state index contributed by atoms with van der Waals surface area (Å²) >= 11 is 2.83. The Bertz CT molecular complexity index is 382. The van der Waals surface area contributed by atoms with Crippen molar-refractivity contribution in [2.45, 2.75) is 11.2 Å². The van der Waals surface area contributed by atoms with Crippen LogP contribution in [0.5, 0.6) is 0 Å². The maximum Gasteiger partial charge on any atom is 0.417 e. The molecule has 1 heterocycles. The van der Waals surface area contributed by atoms with Gasteiger partial charge in [-0.2, -0.15) is 13.2 Å². The monoisotopic (exact) mass is 245 g/mol. The fourth-order valence-electron chi connectivity index (χ4n) is 0.709. The zero-order valence-corrected chi connectivity index (χ0v) is 7.95. The standard InChI is InChI=1S/C6H3ClF3NO2S/c7-4-1-3(6(8,9)10)2-11-5(4)14(12)13/h1-2H,(H,12,13). The highest BCUT2D eigenvalue weighted by Crippen LogP contribution is 2.31. The lowest BCUT2D eigenvalue weighted by Crippen LogP contribution is -2.07. The number of alkyl halides is 3. The zero-order chi connectivity index (χ0) is 10.9. The Labute approximate surface area is 84.2 Å². The van der Waals surface area contributed by atoms with Crippen LogP contribution in [0.25, 0.3) is 0 Å². The van der Waals surface area contributed by atoms with Gasteiger partial charge in [0.05, 0.1) is 10.6 Å². The Morgan fingerprint density at radius 1 is 1.50 bits per heavy atom. The van der Waals surface area contributed by atoms with E-state index in [1.54, 1.807) is 0 Å². The van der Waals surface area contributed by atoms with Gasteiger partial charge in [-0.1, -0.05) is 11.6 Å². The summed E-state index contributed by atoms with van der Waals surface area (Å²) in [5.41, 5.74) is -1.06. The number of rotatable bonds is 1. The van der Waals surface area contributed by atoms with Crippen LogP contribution in [-0.4, -0.2) is 13.7 Å². The first-order valence-corrected chi connectivity index (χ1v) is 4.64. The van der Waals surface area contributed by atoms with Gasteiger partial charge in [0, 0.05) is 6.20 Å². The average Bonchev–Trinajstić information content (AvgIpc) is 2.01. The lowest BCUT2D eigenvalue weighted by atomic mass is 10.3. The number of aromatic nitrogens is 1. The molecule has 14 heavy (non-hydrogen) atoms. The first kappa shape index (κ1) is 11.4. The normalized spacial score (nSPS) is 14.1. The minimum Gasteiger partial charge on any atom is -0.301 e. The van der Waals surface area contributed by atoms with Crippen LogP contribution in [0.3, 0.4) is 0 Å². The topological polar surface area (TPSA) is 50.2 Å². The Balaban J connectivity index is 3.20. The van der Waals surface area contributed by atoms with Crippen LogP contribution in [-0.2, 0) is 17.3 Å². The molecule has 1 unspecified atom stereocenters. The van der Waals surface area contributed by atoms with Gasteiger partial charge in [0.15, 0.2) is 5.03 Å². The summed E-state index contributed by atoms with van der Waals surface area (Å²) in [6.45, 7) is 0. The molecule has 78 valence electrons. The molecular formula is C6H3ClF3NO2S. The highest BCUT2D eigenvalue weighted by Gasteiger charge is 2.31.